The molecule has 2 rings (SSSR count). The first-order valence-corrected chi connectivity index (χ1v) is 6.76. The predicted molar refractivity (Wildman–Crippen MR) is 77.8 cm³/mol. The van der Waals surface area contributed by atoms with E-state index in [1.165, 1.54) is 18.3 Å². The lowest BCUT2D eigenvalue weighted by atomic mass is 10.2. The Morgan fingerprint density at radius 2 is 1.90 bits per heavy atom. The number of aryl methyl sites for hydroxylation is 1. The van der Waals surface area contributed by atoms with Gasteiger partial charge in [-0.25, -0.2) is 4.98 Å². The van der Waals surface area contributed by atoms with Crippen molar-refractivity contribution in [3.8, 4) is 5.75 Å². The molecule has 0 unspecified atom stereocenters. The molecular weight excluding hydrogens is 276 g/mol. The fourth-order valence-electron chi connectivity index (χ4n) is 1.69. The van der Waals surface area contributed by atoms with Crippen molar-refractivity contribution in [1.82, 2.24) is 4.98 Å². The Labute approximate surface area is 120 Å². The van der Waals surface area contributed by atoms with Crippen LogP contribution in [0.4, 0.5) is 5.13 Å². The third-order valence-corrected chi connectivity index (χ3v) is 3.86. The number of hydrogen-bond acceptors (Lipinski definition) is 5. The molecule has 1 aromatic heterocycles. The molecule has 0 aliphatic heterocycles. The van der Waals surface area contributed by atoms with Crippen molar-refractivity contribution in [3.05, 3.63) is 40.4 Å². The third-order valence-electron chi connectivity index (χ3n) is 2.69. The summed E-state index contributed by atoms with van der Waals surface area (Å²) >= 11 is 1.18. The lowest BCUT2D eigenvalue weighted by Crippen LogP contribution is -2.11. The molecule has 104 valence electrons. The zero-order valence-corrected chi connectivity index (χ0v) is 12.2. The number of nitrogens with zero attached hydrogens (tertiary/aromatic N) is 1. The molecule has 0 atom stereocenters. The maximum atomic E-state index is 12.0. The van der Waals surface area contributed by atoms with E-state index in [2.05, 4.69) is 10.3 Å². The summed E-state index contributed by atoms with van der Waals surface area (Å²) in [6.07, 6.45) is 0. The Morgan fingerprint density at radius 1 is 1.25 bits per heavy atom. The summed E-state index contributed by atoms with van der Waals surface area (Å²) < 4.78 is 5.03. The summed E-state index contributed by atoms with van der Waals surface area (Å²) in [6.45, 7) is 3.23. The van der Waals surface area contributed by atoms with Crippen molar-refractivity contribution >= 4 is 28.2 Å². The van der Waals surface area contributed by atoms with E-state index in [9.17, 15) is 9.59 Å². The first-order valence-electron chi connectivity index (χ1n) is 5.95. The molecule has 1 amide bonds. The lowest BCUT2D eigenvalue weighted by Gasteiger charge is -2.03. The number of amides is 1. The van der Waals surface area contributed by atoms with Crippen molar-refractivity contribution in [1.29, 1.82) is 0 Å². The molecule has 20 heavy (non-hydrogen) atoms. The maximum Gasteiger partial charge on any atom is 0.257 e. The third kappa shape index (κ3) is 3.03. The Morgan fingerprint density at radius 3 is 2.40 bits per heavy atom. The van der Waals surface area contributed by atoms with Gasteiger partial charge in [0.2, 0.25) is 0 Å². The van der Waals surface area contributed by atoms with Crippen LogP contribution in [0.25, 0.3) is 0 Å². The van der Waals surface area contributed by atoms with Gasteiger partial charge in [-0.3, -0.25) is 14.9 Å². The number of rotatable bonds is 4. The summed E-state index contributed by atoms with van der Waals surface area (Å²) in [4.78, 5) is 28.1. The second kappa shape index (κ2) is 5.83. The number of aromatic nitrogens is 1. The smallest absolute Gasteiger partial charge is 0.257 e. The molecule has 6 heteroatoms. The van der Waals surface area contributed by atoms with E-state index in [1.54, 1.807) is 38.3 Å². The molecule has 2 aromatic rings. The van der Waals surface area contributed by atoms with Crippen LogP contribution in [0.2, 0.25) is 0 Å². The molecule has 0 bridgehead atoms. The van der Waals surface area contributed by atoms with Gasteiger partial charge in [-0.15, -0.1) is 0 Å². The minimum atomic E-state index is -0.267. The Kier molecular flexibility index (Phi) is 4.14. The number of methoxy groups -OCH3 is 1. The van der Waals surface area contributed by atoms with Gasteiger partial charge in [0.25, 0.3) is 5.91 Å². The monoisotopic (exact) mass is 290 g/mol. The number of carbonyl (C=O) groups excluding carboxylic acids is 2. The predicted octanol–water partition coefficient (Wildman–Crippen LogP) is 2.92. The number of Topliss-reactive ketones (excluding diaryl/α,β-unsaturated/α-hetero) is 1. The van der Waals surface area contributed by atoms with E-state index in [0.717, 1.165) is 0 Å². The molecular formula is C14H14N2O3S. The number of hydrogen-bond donors (Lipinski definition) is 1. The van der Waals surface area contributed by atoms with Gasteiger partial charge in [0.1, 0.15) is 5.75 Å². The van der Waals surface area contributed by atoms with Gasteiger partial charge in [0, 0.05) is 12.5 Å². The lowest BCUT2D eigenvalue weighted by molar-refractivity contribution is 0.101. The number of anilines is 1. The molecule has 0 aliphatic carbocycles. The number of ether oxygens (including phenoxy) is 1. The van der Waals surface area contributed by atoms with Crippen LogP contribution in [0, 0.1) is 6.92 Å². The highest BCUT2D eigenvalue weighted by Crippen LogP contribution is 2.23. The quantitative estimate of drug-likeness (QED) is 0.879. The summed E-state index contributed by atoms with van der Waals surface area (Å²) in [5.74, 6) is 0.368. The summed E-state index contributed by atoms with van der Waals surface area (Å²) in [5.41, 5.74) is 1.13. The highest BCUT2D eigenvalue weighted by atomic mass is 32.1. The van der Waals surface area contributed by atoms with Crippen LogP contribution in [0.15, 0.2) is 24.3 Å². The SMILES string of the molecule is COc1ccc(C(=O)Nc2nc(C)c(C(C)=O)s2)cc1. The largest absolute Gasteiger partial charge is 0.497 e. The van der Waals surface area contributed by atoms with Crippen molar-refractivity contribution in [3.63, 3.8) is 0 Å². The fourth-order valence-corrected chi connectivity index (χ4v) is 2.54. The van der Waals surface area contributed by atoms with Crippen LogP contribution in [0.1, 0.15) is 32.6 Å². The zero-order chi connectivity index (χ0) is 14.7. The van der Waals surface area contributed by atoms with Crippen molar-refractivity contribution in [2.75, 3.05) is 12.4 Å². The van der Waals surface area contributed by atoms with Crippen LogP contribution in [0.3, 0.4) is 0 Å². The first kappa shape index (κ1) is 14.2. The Balaban J connectivity index is 2.14. The Hall–Kier alpha value is -2.21. The summed E-state index contributed by atoms with van der Waals surface area (Å²) in [7, 11) is 1.57. The molecule has 0 saturated heterocycles. The average Bonchev–Trinajstić information content (AvgIpc) is 2.79. The number of carbonyl (C=O) groups is 2. The number of nitrogens with one attached hydrogen (secondary N) is 1. The Bertz CT molecular complexity index is 647. The van der Waals surface area contributed by atoms with Gasteiger partial charge in [0.15, 0.2) is 10.9 Å². The fraction of sp³-hybridized carbons (Fsp3) is 0.214. The second-order valence-corrected chi connectivity index (χ2v) is 5.17. The van der Waals surface area contributed by atoms with Gasteiger partial charge in [-0.05, 0) is 31.2 Å². The van der Waals surface area contributed by atoms with E-state index in [4.69, 9.17) is 4.74 Å². The molecule has 0 saturated carbocycles. The van der Waals surface area contributed by atoms with E-state index in [1.807, 2.05) is 0 Å². The average molecular weight is 290 g/mol. The number of benzene rings is 1. The highest BCUT2D eigenvalue weighted by Gasteiger charge is 2.14. The van der Waals surface area contributed by atoms with Gasteiger partial charge in [-0.2, -0.15) is 0 Å². The minimum Gasteiger partial charge on any atom is -0.497 e. The van der Waals surface area contributed by atoms with Crippen molar-refractivity contribution in [2.24, 2.45) is 0 Å². The van der Waals surface area contributed by atoms with Crippen LogP contribution in [-0.2, 0) is 0 Å². The molecule has 1 heterocycles. The van der Waals surface area contributed by atoms with E-state index < -0.39 is 0 Å². The molecule has 1 aromatic carbocycles. The van der Waals surface area contributed by atoms with E-state index in [-0.39, 0.29) is 11.7 Å². The number of ketones is 1. The first-order chi connectivity index (χ1) is 9.51. The number of thiazole rings is 1. The summed E-state index contributed by atoms with van der Waals surface area (Å²) in [6, 6.07) is 6.76. The van der Waals surface area contributed by atoms with Crippen LogP contribution >= 0.6 is 11.3 Å². The van der Waals surface area contributed by atoms with Crippen LogP contribution in [-0.4, -0.2) is 23.8 Å². The van der Waals surface area contributed by atoms with Gasteiger partial charge in [0.05, 0.1) is 17.7 Å². The molecule has 0 fully saturated rings. The summed E-state index contributed by atoms with van der Waals surface area (Å²) in [5, 5.41) is 3.11. The minimum absolute atomic E-state index is 0.0510. The van der Waals surface area contributed by atoms with Gasteiger partial charge in [-0.1, -0.05) is 11.3 Å². The molecule has 0 spiro atoms. The van der Waals surface area contributed by atoms with Crippen molar-refractivity contribution in [2.45, 2.75) is 13.8 Å². The van der Waals surface area contributed by atoms with Crippen LogP contribution in [0.5, 0.6) is 5.75 Å². The molecule has 5 nitrogen and oxygen atoms in total. The molecule has 0 radical (unpaired) electrons. The second-order valence-electron chi connectivity index (χ2n) is 4.17. The van der Waals surface area contributed by atoms with E-state index >= 15 is 0 Å². The van der Waals surface area contributed by atoms with E-state index in [0.29, 0.717) is 27.0 Å². The van der Waals surface area contributed by atoms with Gasteiger partial charge < -0.3 is 4.74 Å². The topological polar surface area (TPSA) is 68.3 Å². The highest BCUT2D eigenvalue weighted by molar-refractivity contribution is 7.17. The standard InChI is InChI=1S/C14H14N2O3S/c1-8-12(9(2)17)20-14(15-8)16-13(18)10-4-6-11(19-3)7-5-10/h4-7H,1-3H3,(H,15,16,18). The maximum absolute atomic E-state index is 12.0. The zero-order valence-electron chi connectivity index (χ0n) is 11.4. The molecule has 1 N–H and O–H groups in total. The van der Waals surface area contributed by atoms with Gasteiger partial charge >= 0.3 is 0 Å². The van der Waals surface area contributed by atoms with Crippen molar-refractivity contribution < 1.29 is 14.3 Å². The molecule has 0 aliphatic rings. The van der Waals surface area contributed by atoms with Crippen LogP contribution < -0.4 is 10.1 Å². The normalized spacial score (nSPS) is 10.2.